The minimum Gasteiger partial charge on any atom is -0.348 e. The number of aromatic amines is 1. The minimum absolute atomic E-state index is 0.681. The lowest BCUT2D eigenvalue weighted by molar-refractivity contribution is 0.777. The molecule has 10 heavy (non-hydrogen) atoms. The second-order valence-corrected chi connectivity index (χ2v) is 2.74. The maximum Gasteiger partial charge on any atom is 0.0921 e. The number of hydrogen-bond donors (Lipinski definition) is 2. The third-order valence-electron chi connectivity index (χ3n) is 2.08. The Labute approximate surface area is 59.9 Å². The first-order valence-electron chi connectivity index (χ1n) is 3.57. The summed E-state index contributed by atoms with van der Waals surface area (Å²) >= 11 is 0. The summed E-state index contributed by atoms with van der Waals surface area (Å²) in [5, 5.41) is 3.23. The molecule has 1 aromatic rings. The third kappa shape index (κ3) is 0.827. The van der Waals surface area contributed by atoms with Crippen molar-refractivity contribution in [3.05, 3.63) is 18.2 Å². The molecule has 1 saturated carbocycles. The molecule has 2 N–H and O–H groups in total. The van der Waals surface area contributed by atoms with Gasteiger partial charge in [-0.3, -0.25) is 0 Å². The van der Waals surface area contributed by atoms with Crippen molar-refractivity contribution >= 4 is 0 Å². The molecule has 1 heterocycles. The molecule has 0 spiro atoms. The first-order chi connectivity index (χ1) is 4.92. The van der Waals surface area contributed by atoms with Crippen LogP contribution in [0.25, 0.3) is 0 Å². The molecule has 1 fully saturated rings. The van der Waals surface area contributed by atoms with E-state index < -0.39 is 0 Å². The van der Waals surface area contributed by atoms with E-state index in [4.69, 9.17) is 0 Å². The van der Waals surface area contributed by atoms with Crippen molar-refractivity contribution in [1.82, 2.24) is 15.3 Å². The highest BCUT2D eigenvalue weighted by Gasteiger charge is 2.37. The predicted molar refractivity (Wildman–Crippen MR) is 38.8 cm³/mol. The predicted octanol–water partition coefficient (Wildman–Crippen LogP) is 0.485. The lowest BCUT2D eigenvalue weighted by atomic mass is 10.3. The zero-order valence-corrected chi connectivity index (χ0v) is 5.96. The third-order valence-corrected chi connectivity index (χ3v) is 2.08. The van der Waals surface area contributed by atoms with Crippen LogP contribution in [0, 0.1) is 0 Å². The molecule has 0 radical (unpaired) electrons. The first-order valence-corrected chi connectivity index (χ1v) is 3.57. The summed E-state index contributed by atoms with van der Waals surface area (Å²) in [6.07, 6.45) is 4.89. The van der Waals surface area contributed by atoms with Gasteiger partial charge in [-0.15, -0.1) is 0 Å². The molecule has 1 aliphatic carbocycles. The summed E-state index contributed by atoms with van der Waals surface area (Å²) in [5.41, 5.74) is 1.26. The fraction of sp³-hybridized carbons (Fsp3) is 0.571. The number of nitrogens with zero attached hydrogens (tertiary/aromatic N) is 1. The summed E-state index contributed by atoms with van der Waals surface area (Å²) in [4.78, 5) is 7.08. The van der Waals surface area contributed by atoms with Crippen LogP contribution >= 0.6 is 0 Å². The Morgan fingerprint density at radius 1 is 1.80 bits per heavy atom. The average molecular weight is 137 g/mol. The zero-order chi connectivity index (χ0) is 6.97. The average Bonchev–Trinajstić information content (AvgIpc) is 2.56. The molecule has 0 bridgehead atoms. The van der Waals surface area contributed by atoms with Gasteiger partial charge >= 0.3 is 0 Å². The summed E-state index contributed by atoms with van der Waals surface area (Å²) < 4.78 is 0. The van der Waals surface area contributed by atoms with E-state index in [1.54, 1.807) is 6.33 Å². The Balaban J connectivity index is 2.05. The van der Waals surface area contributed by atoms with Crippen LogP contribution in [0.1, 0.15) is 18.0 Å². The first kappa shape index (κ1) is 5.92. The lowest BCUT2D eigenvalue weighted by Gasteiger charge is -1.92. The fourth-order valence-electron chi connectivity index (χ4n) is 1.33. The van der Waals surface area contributed by atoms with E-state index in [1.807, 2.05) is 13.2 Å². The van der Waals surface area contributed by atoms with Crippen LogP contribution in [0.15, 0.2) is 12.5 Å². The molecule has 0 aromatic carbocycles. The summed E-state index contributed by atoms with van der Waals surface area (Å²) in [6, 6.07) is 0.681. The molecule has 0 unspecified atom stereocenters. The van der Waals surface area contributed by atoms with Gasteiger partial charge in [0.25, 0.3) is 0 Å². The van der Waals surface area contributed by atoms with E-state index in [2.05, 4.69) is 15.3 Å². The van der Waals surface area contributed by atoms with Crippen LogP contribution in [-0.2, 0) is 0 Å². The highest BCUT2D eigenvalue weighted by atomic mass is 15.0. The molecule has 0 aliphatic heterocycles. The molecule has 3 heteroatoms. The van der Waals surface area contributed by atoms with Gasteiger partial charge < -0.3 is 10.3 Å². The van der Waals surface area contributed by atoms with Gasteiger partial charge in [0.05, 0.1) is 6.33 Å². The zero-order valence-electron chi connectivity index (χ0n) is 5.96. The van der Waals surface area contributed by atoms with Crippen molar-refractivity contribution in [3.63, 3.8) is 0 Å². The van der Waals surface area contributed by atoms with E-state index >= 15 is 0 Å². The van der Waals surface area contributed by atoms with Gasteiger partial charge in [-0.25, -0.2) is 4.98 Å². The number of hydrogen-bond acceptors (Lipinski definition) is 2. The second-order valence-electron chi connectivity index (χ2n) is 2.74. The van der Waals surface area contributed by atoms with E-state index in [9.17, 15) is 0 Å². The van der Waals surface area contributed by atoms with Gasteiger partial charge in [-0.2, -0.15) is 0 Å². The van der Waals surface area contributed by atoms with Crippen LogP contribution in [-0.4, -0.2) is 23.1 Å². The number of imidazole rings is 1. The van der Waals surface area contributed by atoms with Crippen molar-refractivity contribution in [2.75, 3.05) is 7.05 Å². The van der Waals surface area contributed by atoms with Crippen LogP contribution < -0.4 is 5.32 Å². The van der Waals surface area contributed by atoms with Crippen molar-refractivity contribution in [1.29, 1.82) is 0 Å². The van der Waals surface area contributed by atoms with Crippen molar-refractivity contribution in [2.45, 2.75) is 18.4 Å². The van der Waals surface area contributed by atoms with Crippen LogP contribution in [0.5, 0.6) is 0 Å². The van der Waals surface area contributed by atoms with Crippen molar-refractivity contribution in [3.8, 4) is 0 Å². The maximum absolute atomic E-state index is 3.97. The SMILES string of the molecule is CN[C@@H]1C[C@H]1c1cnc[nH]1. The van der Waals surface area contributed by atoms with Gasteiger partial charge in [-0.05, 0) is 13.5 Å². The van der Waals surface area contributed by atoms with Gasteiger partial charge in [-0.1, -0.05) is 0 Å². The molecule has 2 rings (SSSR count). The quantitative estimate of drug-likeness (QED) is 0.622. The van der Waals surface area contributed by atoms with E-state index in [-0.39, 0.29) is 0 Å². The summed E-state index contributed by atoms with van der Waals surface area (Å²) in [7, 11) is 2.00. The number of H-pyrrole nitrogens is 1. The Hall–Kier alpha value is -0.830. The van der Waals surface area contributed by atoms with Crippen molar-refractivity contribution in [2.24, 2.45) is 0 Å². The number of aromatic nitrogens is 2. The van der Waals surface area contributed by atoms with E-state index in [0.717, 1.165) is 0 Å². The molecule has 54 valence electrons. The topological polar surface area (TPSA) is 40.7 Å². The molecular formula is C7H11N3. The summed E-state index contributed by atoms with van der Waals surface area (Å²) in [5.74, 6) is 0.687. The number of nitrogens with one attached hydrogen (secondary N) is 2. The number of rotatable bonds is 2. The lowest BCUT2D eigenvalue weighted by Crippen LogP contribution is -2.10. The normalized spacial score (nSPS) is 30.5. The van der Waals surface area contributed by atoms with Crippen LogP contribution in [0.4, 0.5) is 0 Å². The fourth-order valence-corrected chi connectivity index (χ4v) is 1.33. The number of likely N-dealkylation sites (N-methyl/N-ethyl adjacent to an activating group) is 1. The van der Waals surface area contributed by atoms with Gasteiger partial charge in [0, 0.05) is 23.9 Å². The Bertz CT molecular complexity index is 205. The Kier molecular flexibility index (Phi) is 1.24. The van der Waals surface area contributed by atoms with Gasteiger partial charge in [0.1, 0.15) is 0 Å². The second kappa shape index (κ2) is 2.09. The molecule has 1 aliphatic rings. The smallest absolute Gasteiger partial charge is 0.0921 e. The van der Waals surface area contributed by atoms with Crippen LogP contribution in [0.3, 0.4) is 0 Å². The van der Waals surface area contributed by atoms with Crippen LogP contribution in [0.2, 0.25) is 0 Å². The van der Waals surface area contributed by atoms with Gasteiger partial charge in [0.2, 0.25) is 0 Å². The highest BCUT2D eigenvalue weighted by molar-refractivity contribution is 5.17. The highest BCUT2D eigenvalue weighted by Crippen LogP contribution is 2.38. The van der Waals surface area contributed by atoms with E-state index in [0.29, 0.717) is 12.0 Å². The van der Waals surface area contributed by atoms with Crippen molar-refractivity contribution < 1.29 is 0 Å². The Morgan fingerprint density at radius 3 is 3.20 bits per heavy atom. The minimum atomic E-state index is 0.681. The molecule has 2 atom stereocenters. The molecule has 0 saturated heterocycles. The molecule has 1 aromatic heterocycles. The Morgan fingerprint density at radius 2 is 2.70 bits per heavy atom. The summed E-state index contributed by atoms with van der Waals surface area (Å²) in [6.45, 7) is 0. The van der Waals surface area contributed by atoms with Gasteiger partial charge in [0.15, 0.2) is 0 Å². The largest absolute Gasteiger partial charge is 0.348 e. The molecule has 0 amide bonds. The maximum atomic E-state index is 3.97. The molecule has 3 nitrogen and oxygen atoms in total. The standard InChI is InChI=1S/C7H11N3/c1-8-6-2-5(6)7-3-9-4-10-7/h3-6,8H,2H2,1H3,(H,9,10)/t5-,6-/m1/s1. The van der Waals surface area contributed by atoms with E-state index in [1.165, 1.54) is 12.1 Å². The monoisotopic (exact) mass is 137 g/mol. The molecular weight excluding hydrogens is 126 g/mol.